The van der Waals surface area contributed by atoms with Gasteiger partial charge in [-0.15, -0.1) is 0 Å². The highest BCUT2D eigenvalue weighted by Crippen LogP contribution is 2.59. The average Bonchev–Trinajstić information content (AvgIpc) is 2.63. The molecule has 0 amide bonds. The fraction of sp³-hybridized carbons (Fsp3) is 0.786. The maximum atomic E-state index is 11.9. The molecule has 0 radical (unpaired) electrons. The molecule has 0 aromatic heterocycles. The molecular weight excluding hydrogens is 200 g/mol. The van der Waals surface area contributed by atoms with Crippen LogP contribution in [-0.2, 0) is 9.53 Å². The highest BCUT2D eigenvalue weighted by Gasteiger charge is 2.61. The second-order valence-corrected chi connectivity index (χ2v) is 6.09. The van der Waals surface area contributed by atoms with Crippen molar-refractivity contribution in [2.24, 2.45) is 23.2 Å². The summed E-state index contributed by atoms with van der Waals surface area (Å²) in [4.78, 5) is 11.9. The van der Waals surface area contributed by atoms with E-state index in [-0.39, 0.29) is 17.3 Å². The van der Waals surface area contributed by atoms with Crippen LogP contribution >= 0.6 is 0 Å². The molecule has 1 aliphatic rings. The van der Waals surface area contributed by atoms with E-state index in [1.807, 2.05) is 0 Å². The molecule has 0 saturated heterocycles. The van der Waals surface area contributed by atoms with E-state index in [0.717, 1.165) is 0 Å². The Labute approximate surface area is 99.1 Å². The van der Waals surface area contributed by atoms with Gasteiger partial charge in [-0.2, -0.15) is 0 Å². The molecule has 0 aromatic rings. The lowest BCUT2D eigenvalue weighted by Crippen LogP contribution is -2.14. The van der Waals surface area contributed by atoms with Crippen LogP contribution in [0.15, 0.2) is 11.6 Å². The van der Waals surface area contributed by atoms with Crippen molar-refractivity contribution < 1.29 is 9.53 Å². The first-order valence-electron chi connectivity index (χ1n) is 6.08. The quantitative estimate of drug-likeness (QED) is 0.540. The molecule has 0 spiro atoms. The van der Waals surface area contributed by atoms with Crippen molar-refractivity contribution >= 4 is 5.97 Å². The summed E-state index contributed by atoms with van der Waals surface area (Å²) in [6.45, 7) is 13.1. The molecule has 1 rings (SSSR count). The minimum Gasteiger partial charge on any atom is -0.465 e. The Morgan fingerprint density at radius 2 is 1.94 bits per heavy atom. The van der Waals surface area contributed by atoms with Gasteiger partial charge in [0.2, 0.25) is 0 Å². The van der Waals surface area contributed by atoms with Crippen molar-refractivity contribution in [3.63, 3.8) is 0 Å². The van der Waals surface area contributed by atoms with Crippen molar-refractivity contribution in [3.8, 4) is 0 Å². The van der Waals surface area contributed by atoms with Crippen molar-refractivity contribution in [3.05, 3.63) is 11.6 Å². The fourth-order valence-electron chi connectivity index (χ4n) is 2.14. The van der Waals surface area contributed by atoms with Crippen molar-refractivity contribution in [2.75, 3.05) is 6.61 Å². The number of hydrogen-bond acceptors (Lipinski definition) is 2. The minimum atomic E-state index is -0.0267. The standard InChI is InChI=1S/C14H24O2/c1-9(2)7-11-12(14(11,5)6)13(15)16-8-10(3)4/h7,10-12H,8H2,1-6H3/t11-,12-/m0/s1. The molecule has 0 bridgehead atoms. The zero-order chi connectivity index (χ0) is 12.5. The lowest BCUT2D eigenvalue weighted by atomic mass is 10.1. The minimum absolute atomic E-state index is 0.0267. The van der Waals surface area contributed by atoms with Gasteiger partial charge in [0, 0.05) is 0 Å². The highest BCUT2D eigenvalue weighted by molar-refractivity contribution is 5.78. The first kappa shape index (κ1) is 13.3. The van der Waals surface area contributed by atoms with Gasteiger partial charge >= 0.3 is 5.97 Å². The normalized spacial score (nSPS) is 26.4. The lowest BCUT2D eigenvalue weighted by molar-refractivity contribution is -0.147. The molecule has 92 valence electrons. The van der Waals surface area contributed by atoms with E-state index in [4.69, 9.17) is 4.74 Å². The molecule has 2 nitrogen and oxygen atoms in total. The zero-order valence-corrected chi connectivity index (χ0v) is 11.3. The summed E-state index contributed by atoms with van der Waals surface area (Å²) in [5.74, 6) is 0.798. The molecular formula is C14H24O2. The van der Waals surface area contributed by atoms with Gasteiger partial charge in [-0.3, -0.25) is 4.79 Å². The van der Waals surface area contributed by atoms with Crippen LogP contribution in [0.4, 0.5) is 0 Å². The van der Waals surface area contributed by atoms with Crippen LogP contribution in [0.2, 0.25) is 0 Å². The summed E-state index contributed by atoms with van der Waals surface area (Å²) in [5, 5.41) is 0. The van der Waals surface area contributed by atoms with Gasteiger partial charge < -0.3 is 4.74 Å². The average molecular weight is 224 g/mol. The number of rotatable bonds is 4. The number of ether oxygens (including phenoxy) is 1. The Bertz CT molecular complexity index is 296. The predicted molar refractivity (Wildman–Crippen MR) is 66.0 cm³/mol. The SMILES string of the molecule is CC(C)=C[C@H]1[C@@H](C(=O)OCC(C)C)C1(C)C. The molecule has 0 N–H and O–H groups in total. The van der Waals surface area contributed by atoms with Crippen LogP contribution in [0.3, 0.4) is 0 Å². The highest BCUT2D eigenvalue weighted by atomic mass is 16.5. The lowest BCUT2D eigenvalue weighted by Gasteiger charge is -2.07. The van der Waals surface area contributed by atoms with E-state index in [0.29, 0.717) is 18.4 Å². The summed E-state index contributed by atoms with van der Waals surface area (Å²) in [5.41, 5.74) is 1.35. The summed E-state index contributed by atoms with van der Waals surface area (Å²) in [6, 6.07) is 0. The Kier molecular flexibility index (Phi) is 3.82. The second-order valence-electron chi connectivity index (χ2n) is 6.09. The Hall–Kier alpha value is -0.790. The van der Waals surface area contributed by atoms with Gasteiger partial charge in [0.1, 0.15) is 0 Å². The van der Waals surface area contributed by atoms with E-state index in [1.165, 1.54) is 5.57 Å². The van der Waals surface area contributed by atoms with Crippen molar-refractivity contribution in [1.82, 2.24) is 0 Å². The smallest absolute Gasteiger partial charge is 0.310 e. The van der Waals surface area contributed by atoms with Crippen LogP contribution in [-0.4, -0.2) is 12.6 Å². The van der Waals surface area contributed by atoms with E-state index in [9.17, 15) is 4.79 Å². The predicted octanol–water partition coefficient (Wildman–Crippen LogP) is 3.42. The van der Waals surface area contributed by atoms with Gasteiger partial charge in [0.05, 0.1) is 12.5 Å². The number of carbonyl (C=O) groups is 1. The van der Waals surface area contributed by atoms with Crippen LogP contribution in [0, 0.1) is 23.2 Å². The van der Waals surface area contributed by atoms with Gasteiger partial charge in [0.15, 0.2) is 0 Å². The van der Waals surface area contributed by atoms with Crippen LogP contribution in [0.25, 0.3) is 0 Å². The second kappa shape index (κ2) is 4.60. The summed E-state index contributed by atoms with van der Waals surface area (Å²) < 4.78 is 5.31. The molecule has 16 heavy (non-hydrogen) atoms. The first-order valence-corrected chi connectivity index (χ1v) is 6.08. The summed E-state index contributed by atoms with van der Waals surface area (Å²) in [7, 11) is 0. The third-order valence-electron chi connectivity index (χ3n) is 3.24. The molecule has 1 aliphatic carbocycles. The van der Waals surface area contributed by atoms with E-state index < -0.39 is 0 Å². The zero-order valence-electron chi connectivity index (χ0n) is 11.3. The molecule has 1 saturated carbocycles. The largest absolute Gasteiger partial charge is 0.465 e. The maximum absolute atomic E-state index is 11.9. The number of hydrogen-bond donors (Lipinski definition) is 0. The van der Waals surface area contributed by atoms with E-state index in [1.54, 1.807) is 0 Å². The number of carbonyl (C=O) groups excluding carboxylic acids is 1. The molecule has 2 heteroatoms. The summed E-state index contributed by atoms with van der Waals surface area (Å²) in [6.07, 6.45) is 2.20. The van der Waals surface area contributed by atoms with Crippen molar-refractivity contribution in [1.29, 1.82) is 0 Å². The molecule has 2 atom stereocenters. The Morgan fingerprint density at radius 3 is 2.38 bits per heavy atom. The number of esters is 1. The molecule has 0 unspecified atom stereocenters. The monoisotopic (exact) mass is 224 g/mol. The Balaban J connectivity index is 2.56. The van der Waals surface area contributed by atoms with E-state index in [2.05, 4.69) is 47.6 Å². The van der Waals surface area contributed by atoms with Gasteiger partial charge in [0.25, 0.3) is 0 Å². The van der Waals surface area contributed by atoms with Crippen LogP contribution in [0.5, 0.6) is 0 Å². The van der Waals surface area contributed by atoms with E-state index >= 15 is 0 Å². The molecule has 1 fully saturated rings. The van der Waals surface area contributed by atoms with Gasteiger partial charge in [-0.05, 0) is 31.1 Å². The van der Waals surface area contributed by atoms with Crippen LogP contribution in [0.1, 0.15) is 41.5 Å². The third-order valence-corrected chi connectivity index (χ3v) is 3.24. The topological polar surface area (TPSA) is 26.3 Å². The number of allylic oxidation sites excluding steroid dienone is 2. The third kappa shape index (κ3) is 2.87. The fourth-order valence-corrected chi connectivity index (χ4v) is 2.14. The van der Waals surface area contributed by atoms with Crippen LogP contribution < -0.4 is 0 Å². The molecule has 0 aliphatic heterocycles. The Morgan fingerprint density at radius 1 is 1.38 bits per heavy atom. The van der Waals surface area contributed by atoms with Gasteiger partial charge in [-0.1, -0.05) is 39.3 Å². The maximum Gasteiger partial charge on any atom is 0.310 e. The van der Waals surface area contributed by atoms with Crippen molar-refractivity contribution in [2.45, 2.75) is 41.5 Å². The molecule has 0 aromatic carbocycles. The summed E-state index contributed by atoms with van der Waals surface area (Å²) >= 11 is 0. The molecule has 0 heterocycles. The first-order chi connectivity index (χ1) is 7.26. The van der Waals surface area contributed by atoms with Gasteiger partial charge in [-0.25, -0.2) is 0 Å².